The molecule has 0 unspecified atom stereocenters. The normalized spacial score (nSPS) is 10.5. The maximum absolute atomic E-state index is 11.1. The van der Waals surface area contributed by atoms with Crippen LogP contribution in [0.25, 0.3) is 0 Å². The molecule has 0 atom stereocenters. The van der Waals surface area contributed by atoms with Gasteiger partial charge in [0.25, 0.3) is 0 Å². The monoisotopic (exact) mass is 180 g/mol. The van der Waals surface area contributed by atoms with Gasteiger partial charge in [-0.2, -0.15) is 0 Å². The lowest BCUT2D eigenvalue weighted by atomic mass is 10.1. The van der Waals surface area contributed by atoms with Gasteiger partial charge in [-0.3, -0.25) is 4.79 Å². The average molecular weight is 180 g/mol. The molecular formula is C12H20O. The fraction of sp³-hybridized carbons (Fsp3) is 0.583. The van der Waals surface area contributed by atoms with Crippen molar-refractivity contribution in [3.05, 3.63) is 24.8 Å². The van der Waals surface area contributed by atoms with Gasteiger partial charge in [-0.05, 0) is 25.7 Å². The van der Waals surface area contributed by atoms with E-state index in [9.17, 15) is 4.79 Å². The molecule has 1 nitrogen and oxygen atoms in total. The highest BCUT2D eigenvalue weighted by Gasteiger charge is 1.98. The van der Waals surface area contributed by atoms with Crippen molar-refractivity contribution in [2.75, 3.05) is 0 Å². The van der Waals surface area contributed by atoms with Crippen LogP contribution in [0.2, 0.25) is 0 Å². The summed E-state index contributed by atoms with van der Waals surface area (Å²) < 4.78 is 0. The highest BCUT2D eigenvalue weighted by Crippen LogP contribution is 2.04. The summed E-state index contributed by atoms with van der Waals surface area (Å²) in [5.41, 5.74) is 0. The Hall–Kier alpha value is -0.850. The van der Waals surface area contributed by atoms with Crippen LogP contribution in [-0.4, -0.2) is 5.78 Å². The number of hydrogen-bond acceptors (Lipinski definition) is 1. The fourth-order valence-corrected chi connectivity index (χ4v) is 1.18. The summed E-state index contributed by atoms with van der Waals surface area (Å²) in [7, 11) is 0. The largest absolute Gasteiger partial charge is 0.300 e. The number of unbranched alkanes of at least 4 members (excludes halogenated alkanes) is 2. The minimum absolute atomic E-state index is 0.412. The highest BCUT2D eigenvalue weighted by atomic mass is 16.1. The van der Waals surface area contributed by atoms with E-state index in [2.05, 4.69) is 12.7 Å². The summed E-state index contributed by atoms with van der Waals surface area (Å²) in [5, 5.41) is 0. The number of Topliss-reactive ketones (excluding diaryl/α,β-unsaturated/α-hetero) is 1. The second kappa shape index (κ2) is 9.24. The van der Waals surface area contributed by atoms with E-state index in [0.717, 1.165) is 38.5 Å². The summed E-state index contributed by atoms with van der Waals surface area (Å²) >= 11 is 0. The van der Waals surface area contributed by atoms with Crippen molar-refractivity contribution >= 4 is 5.78 Å². The van der Waals surface area contributed by atoms with Gasteiger partial charge in [-0.25, -0.2) is 0 Å². The van der Waals surface area contributed by atoms with E-state index in [0.29, 0.717) is 5.78 Å². The lowest BCUT2D eigenvalue weighted by molar-refractivity contribution is -0.119. The zero-order valence-electron chi connectivity index (χ0n) is 8.59. The van der Waals surface area contributed by atoms with E-state index in [1.807, 2.05) is 13.0 Å². The van der Waals surface area contributed by atoms with Crippen LogP contribution in [-0.2, 0) is 4.79 Å². The maximum Gasteiger partial charge on any atom is 0.132 e. The fourth-order valence-electron chi connectivity index (χ4n) is 1.18. The van der Waals surface area contributed by atoms with Crippen LogP contribution in [0.15, 0.2) is 24.8 Å². The Bertz CT molecular complexity index is 168. The van der Waals surface area contributed by atoms with Gasteiger partial charge < -0.3 is 0 Å². The van der Waals surface area contributed by atoms with Crippen LogP contribution in [0.5, 0.6) is 0 Å². The van der Waals surface area contributed by atoms with Gasteiger partial charge in [0, 0.05) is 12.8 Å². The van der Waals surface area contributed by atoms with Crippen molar-refractivity contribution in [3.63, 3.8) is 0 Å². The number of rotatable bonds is 8. The zero-order valence-corrected chi connectivity index (χ0v) is 8.59. The van der Waals surface area contributed by atoms with Crippen molar-refractivity contribution < 1.29 is 4.79 Å². The molecule has 0 saturated carbocycles. The van der Waals surface area contributed by atoms with Crippen molar-refractivity contribution in [3.8, 4) is 0 Å². The number of allylic oxidation sites excluding steroid dienone is 3. The number of carbonyl (C=O) groups is 1. The third-order valence-corrected chi connectivity index (χ3v) is 1.88. The second-order valence-corrected chi connectivity index (χ2v) is 3.20. The first kappa shape index (κ1) is 12.2. The minimum Gasteiger partial charge on any atom is -0.300 e. The van der Waals surface area contributed by atoms with Gasteiger partial charge in [0.15, 0.2) is 0 Å². The Labute approximate surface area is 81.5 Å². The molecule has 0 N–H and O–H groups in total. The van der Waals surface area contributed by atoms with Crippen LogP contribution in [0.1, 0.15) is 45.4 Å². The molecule has 13 heavy (non-hydrogen) atoms. The summed E-state index contributed by atoms with van der Waals surface area (Å²) in [6.45, 7) is 5.64. The average Bonchev–Trinajstić information content (AvgIpc) is 2.11. The standard InChI is InChI=1S/C12H20O/c1-3-5-6-7-8-9-11-12(13)10-4-2/h3,5-6H,1,4,7-11H2,2H3. The first-order valence-electron chi connectivity index (χ1n) is 5.10. The zero-order chi connectivity index (χ0) is 9.94. The molecule has 0 radical (unpaired) electrons. The van der Waals surface area contributed by atoms with Crippen LogP contribution < -0.4 is 0 Å². The molecule has 0 aromatic heterocycles. The van der Waals surface area contributed by atoms with E-state index >= 15 is 0 Å². The van der Waals surface area contributed by atoms with Crippen molar-refractivity contribution in [1.82, 2.24) is 0 Å². The molecule has 0 heterocycles. The smallest absolute Gasteiger partial charge is 0.132 e. The molecular weight excluding hydrogens is 160 g/mol. The molecule has 0 aliphatic rings. The molecule has 0 aromatic rings. The molecule has 0 aliphatic heterocycles. The molecule has 0 saturated heterocycles. The van der Waals surface area contributed by atoms with Crippen molar-refractivity contribution in [2.24, 2.45) is 0 Å². The molecule has 0 spiro atoms. The number of hydrogen-bond donors (Lipinski definition) is 0. The summed E-state index contributed by atoms with van der Waals surface area (Å²) in [5.74, 6) is 0.412. The lowest BCUT2D eigenvalue weighted by Gasteiger charge is -1.96. The van der Waals surface area contributed by atoms with Gasteiger partial charge >= 0.3 is 0 Å². The van der Waals surface area contributed by atoms with E-state index in [-0.39, 0.29) is 0 Å². The number of ketones is 1. The summed E-state index contributed by atoms with van der Waals surface area (Å²) in [4.78, 5) is 11.1. The topological polar surface area (TPSA) is 17.1 Å². The highest BCUT2D eigenvalue weighted by molar-refractivity contribution is 5.78. The number of carbonyl (C=O) groups excluding carboxylic acids is 1. The predicted octanol–water partition coefficient (Wildman–Crippen LogP) is 3.66. The van der Waals surface area contributed by atoms with Gasteiger partial charge in [0.05, 0.1) is 0 Å². The molecule has 74 valence electrons. The molecule has 1 heteroatoms. The SMILES string of the molecule is C=CC=CCCCCC(=O)CCC. The van der Waals surface area contributed by atoms with E-state index < -0.39 is 0 Å². The molecule has 0 bridgehead atoms. The first-order valence-corrected chi connectivity index (χ1v) is 5.10. The molecule has 0 aliphatic carbocycles. The third kappa shape index (κ3) is 9.06. The molecule has 0 amide bonds. The Morgan fingerprint density at radius 3 is 2.69 bits per heavy atom. The second-order valence-electron chi connectivity index (χ2n) is 3.20. The third-order valence-electron chi connectivity index (χ3n) is 1.88. The quantitative estimate of drug-likeness (QED) is 0.411. The van der Waals surface area contributed by atoms with Gasteiger partial charge in [0.1, 0.15) is 5.78 Å². The van der Waals surface area contributed by atoms with Crippen LogP contribution in [0.4, 0.5) is 0 Å². The summed E-state index contributed by atoms with van der Waals surface area (Å²) in [6.07, 6.45) is 11.5. The van der Waals surface area contributed by atoms with Crippen LogP contribution in [0, 0.1) is 0 Å². The maximum atomic E-state index is 11.1. The molecule has 0 aromatic carbocycles. The van der Waals surface area contributed by atoms with Gasteiger partial charge in [0.2, 0.25) is 0 Å². The van der Waals surface area contributed by atoms with E-state index in [1.54, 1.807) is 6.08 Å². The lowest BCUT2D eigenvalue weighted by Crippen LogP contribution is -1.95. The predicted molar refractivity (Wildman–Crippen MR) is 57.7 cm³/mol. The van der Waals surface area contributed by atoms with Crippen molar-refractivity contribution in [1.29, 1.82) is 0 Å². The van der Waals surface area contributed by atoms with Crippen LogP contribution >= 0.6 is 0 Å². The van der Waals surface area contributed by atoms with Crippen LogP contribution in [0.3, 0.4) is 0 Å². The van der Waals surface area contributed by atoms with Gasteiger partial charge in [-0.1, -0.05) is 31.7 Å². The van der Waals surface area contributed by atoms with Gasteiger partial charge in [-0.15, -0.1) is 0 Å². The molecule has 0 rings (SSSR count). The van der Waals surface area contributed by atoms with E-state index in [1.165, 1.54) is 0 Å². The molecule has 0 fully saturated rings. The van der Waals surface area contributed by atoms with Crippen molar-refractivity contribution in [2.45, 2.75) is 45.4 Å². The Kier molecular flexibility index (Phi) is 8.64. The summed E-state index contributed by atoms with van der Waals surface area (Å²) in [6, 6.07) is 0. The first-order chi connectivity index (χ1) is 6.31. The Morgan fingerprint density at radius 2 is 2.08 bits per heavy atom. The Balaban J connectivity index is 3.20. The Morgan fingerprint density at radius 1 is 1.31 bits per heavy atom. The van der Waals surface area contributed by atoms with E-state index in [4.69, 9.17) is 0 Å². The minimum atomic E-state index is 0.412.